The van der Waals surface area contributed by atoms with Gasteiger partial charge in [-0.05, 0) is 72.1 Å². The van der Waals surface area contributed by atoms with Crippen LogP contribution in [-0.4, -0.2) is 49.1 Å². The van der Waals surface area contributed by atoms with Gasteiger partial charge in [0.2, 0.25) is 0 Å². The summed E-state index contributed by atoms with van der Waals surface area (Å²) >= 11 is 0. The molecule has 0 radical (unpaired) electrons. The third-order valence-electron chi connectivity index (χ3n) is 4.79. The quantitative estimate of drug-likeness (QED) is 0.769. The maximum Gasteiger partial charge on any atom is 0.0684 e. The van der Waals surface area contributed by atoms with Crippen LogP contribution in [0.25, 0.3) is 0 Å². The highest BCUT2D eigenvalue weighted by atomic mass is 15.2. The largest absolute Gasteiger partial charge is 0.303 e. The van der Waals surface area contributed by atoms with Gasteiger partial charge in [-0.2, -0.15) is 5.26 Å². The van der Waals surface area contributed by atoms with Crippen molar-refractivity contribution in [3.05, 3.63) is 0 Å². The Labute approximate surface area is 112 Å². The fourth-order valence-corrected chi connectivity index (χ4v) is 3.42. The fraction of sp³-hybridized carbons (Fsp3) is 0.933. The van der Waals surface area contributed by atoms with E-state index in [-0.39, 0.29) is 5.41 Å². The number of hydrogen-bond acceptors (Lipinski definition) is 3. The standard InChI is InChI=1S/C15H27N3/c1-15(2,12-16)7-10-18-9-6-14-13(11-18)5-4-8-17(14)3/h13-14H,4-11H2,1-3H3. The highest BCUT2D eigenvalue weighted by molar-refractivity contribution is 4.94. The van der Waals surface area contributed by atoms with Crippen LogP contribution in [0.5, 0.6) is 0 Å². The van der Waals surface area contributed by atoms with Gasteiger partial charge in [0, 0.05) is 12.6 Å². The lowest BCUT2D eigenvalue weighted by molar-refractivity contribution is 0.0357. The molecule has 0 aromatic heterocycles. The van der Waals surface area contributed by atoms with Gasteiger partial charge in [0.15, 0.2) is 0 Å². The lowest BCUT2D eigenvalue weighted by atomic mass is 9.83. The summed E-state index contributed by atoms with van der Waals surface area (Å²) < 4.78 is 0. The van der Waals surface area contributed by atoms with Crippen molar-refractivity contribution in [3.63, 3.8) is 0 Å². The number of fused-ring (bicyclic) bond motifs is 1. The molecular formula is C15H27N3. The number of nitrogens with zero attached hydrogens (tertiary/aromatic N) is 3. The molecule has 2 atom stereocenters. The Balaban J connectivity index is 1.82. The van der Waals surface area contributed by atoms with Crippen molar-refractivity contribution in [2.45, 2.75) is 45.6 Å². The van der Waals surface area contributed by atoms with E-state index >= 15 is 0 Å². The molecule has 2 saturated heterocycles. The molecule has 2 unspecified atom stereocenters. The van der Waals surface area contributed by atoms with Gasteiger partial charge in [-0.15, -0.1) is 0 Å². The number of piperidine rings is 2. The normalized spacial score (nSPS) is 30.8. The van der Waals surface area contributed by atoms with E-state index in [1.165, 1.54) is 38.9 Å². The van der Waals surface area contributed by atoms with Crippen molar-refractivity contribution in [1.82, 2.24) is 9.80 Å². The molecule has 0 aliphatic carbocycles. The minimum atomic E-state index is -0.166. The van der Waals surface area contributed by atoms with Crippen LogP contribution in [0.3, 0.4) is 0 Å². The second-order valence-electron chi connectivity index (χ2n) is 6.79. The zero-order chi connectivity index (χ0) is 13.2. The number of nitriles is 1. The van der Waals surface area contributed by atoms with Crippen LogP contribution in [0, 0.1) is 22.7 Å². The molecule has 18 heavy (non-hydrogen) atoms. The van der Waals surface area contributed by atoms with Crippen molar-refractivity contribution in [2.75, 3.05) is 33.2 Å². The van der Waals surface area contributed by atoms with Crippen molar-refractivity contribution in [2.24, 2.45) is 11.3 Å². The molecule has 3 heteroatoms. The molecule has 0 amide bonds. The van der Waals surface area contributed by atoms with E-state index in [2.05, 4.69) is 22.9 Å². The minimum Gasteiger partial charge on any atom is -0.303 e. The van der Waals surface area contributed by atoms with Gasteiger partial charge in [0.25, 0.3) is 0 Å². The van der Waals surface area contributed by atoms with Crippen LogP contribution in [0.15, 0.2) is 0 Å². The monoisotopic (exact) mass is 249 g/mol. The molecule has 0 aromatic carbocycles. The highest BCUT2D eigenvalue weighted by Crippen LogP contribution is 2.30. The number of rotatable bonds is 3. The Morgan fingerprint density at radius 3 is 2.78 bits per heavy atom. The van der Waals surface area contributed by atoms with E-state index in [9.17, 15) is 0 Å². The van der Waals surface area contributed by atoms with Crippen LogP contribution in [0.1, 0.15) is 39.5 Å². The summed E-state index contributed by atoms with van der Waals surface area (Å²) in [7, 11) is 2.28. The van der Waals surface area contributed by atoms with E-state index in [1.54, 1.807) is 0 Å². The van der Waals surface area contributed by atoms with Gasteiger partial charge in [0.05, 0.1) is 11.5 Å². The summed E-state index contributed by atoms with van der Waals surface area (Å²) in [6, 6.07) is 3.23. The lowest BCUT2D eigenvalue weighted by Crippen LogP contribution is -2.52. The average Bonchev–Trinajstić information content (AvgIpc) is 2.37. The summed E-state index contributed by atoms with van der Waals surface area (Å²) in [6.45, 7) is 8.93. The first-order chi connectivity index (χ1) is 8.52. The Morgan fingerprint density at radius 2 is 2.06 bits per heavy atom. The topological polar surface area (TPSA) is 30.3 Å². The van der Waals surface area contributed by atoms with Crippen LogP contribution in [0.4, 0.5) is 0 Å². The molecule has 2 aliphatic heterocycles. The lowest BCUT2D eigenvalue weighted by Gasteiger charge is -2.46. The molecular weight excluding hydrogens is 222 g/mol. The third kappa shape index (κ3) is 3.24. The Bertz CT molecular complexity index is 318. The van der Waals surface area contributed by atoms with E-state index in [0.29, 0.717) is 0 Å². The Hall–Kier alpha value is -0.590. The summed E-state index contributed by atoms with van der Waals surface area (Å²) in [5.41, 5.74) is -0.166. The second kappa shape index (κ2) is 5.59. The third-order valence-corrected chi connectivity index (χ3v) is 4.79. The molecule has 2 fully saturated rings. The smallest absolute Gasteiger partial charge is 0.0684 e. The SMILES string of the molecule is CN1CCCC2CN(CCC(C)(C)C#N)CCC21. The molecule has 0 aromatic rings. The maximum absolute atomic E-state index is 9.07. The molecule has 2 rings (SSSR count). The molecule has 2 heterocycles. The first kappa shape index (κ1) is 13.8. The first-order valence-corrected chi connectivity index (χ1v) is 7.36. The zero-order valence-electron chi connectivity index (χ0n) is 12.2. The summed E-state index contributed by atoms with van der Waals surface area (Å²) in [5.74, 6) is 0.864. The molecule has 0 saturated carbocycles. The van der Waals surface area contributed by atoms with Crippen LogP contribution >= 0.6 is 0 Å². The minimum absolute atomic E-state index is 0.166. The molecule has 0 bridgehead atoms. The van der Waals surface area contributed by atoms with Gasteiger partial charge in [-0.1, -0.05) is 0 Å². The van der Waals surface area contributed by atoms with E-state index in [1.807, 2.05) is 13.8 Å². The molecule has 3 nitrogen and oxygen atoms in total. The Kier molecular flexibility index (Phi) is 4.29. The molecule has 102 valence electrons. The van der Waals surface area contributed by atoms with Crippen molar-refractivity contribution in [3.8, 4) is 6.07 Å². The predicted molar refractivity (Wildman–Crippen MR) is 74.2 cm³/mol. The molecule has 0 N–H and O–H groups in total. The van der Waals surface area contributed by atoms with Crippen molar-refractivity contribution < 1.29 is 0 Å². The predicted octanol–water partition coefficient (Wildman–Crippen LogP) is 2.34. The summed E-state index contributed by atoms with van der Waals surface area (Å²) in [6.07, 6.45) is 5.06. The van der Waals surface area contributed by atoms with Crippen LogP contribution in [-0.2, 0) is 0 Å². The van der Waals surface area contributed by atoms with Crippen LogP contribution in [0.2, 0.25) is 0 Å². The van der Waals surface area contributed by atoms with Crippen molar-refractivity contribution in [1.29, 1.82) is 5.26 Å². The zero-order valence-corrected chi connectivity index (χ0v) is 12.2. The molecule has 0 spiro atoms. The highest BCUT2D eigenvalue weighted by Gasteiger charge is 2.34. The fourth-order valence-electron chi connectivity index (χ4n) is 3.42. The van der Waals surface area contributed by atoms with Gasteiger partial charge in [-0.3, -0.25) is 0 Å². The van der Waals surface area contributed by atoms with Crippen LogP contribution < -0.4 is 0 Å². The van der Waals surface area contributed by atoms with Gasteiger partial charge in [-0.25, -0.2) is 0 Å². The summed E-state index contributed by atoms with van der Waals surface area (Å²) in [4.78, 5) is 5.14. The van der Waals surface area contributed by atoms with E-state index in [0.717, 1.165) is 24.9 Å². The maximum atomic E-state index is 9.07. The molecule has 2 aliphatic rings. The van der Waals surface area contributed by atoms with Gasteiger partial charge < -0.3 is 9.80 Å². The van der Waals surface area contributed by atoms with E-state index < -0.39 is 0 Å². The Morgan fingerprint density at radius 1 is 1.28 bits per heavy atom. The van der Waals surface area contributed by atoms with E-state index in [4.69, 9.17) is 5.26 Å². The average molecular weight is 249 g/mol. The van der Waals surface area contributed by atoms with Crippen molar-refractivity contribution >= 4 is 0 Å². The first-order valence-electron chi connectivity index (χ1n) is 7.36. The van der Waals surface area contributed by atoms with Gasteiger partial charge >= 0.3 is 0 Å². The number of likely N-dealkylation sites (tertiary alicyclic amines) is 2. The number of hydrogen-bond donors (Lipinski definition) is 0. The second-order valence-corrected chi connectivity index (χ2v) is 6.79. The summed E-state index contributed by atoms with van der Waals surface area (Å²) in [5, 5.41) is 9.07. The van der Waals surface area contributed by atoms with Gasteiger partial charge in [0.1, 0.15) is 0 Å².